The standard InChI is InChI=1S/C27H24N2O6/c1-15-12-17-13-16(7-10-20(17)35-15)25(30)23-24(19-9-8-18(33-2)14-21(19)34-3)29(27(32)26(23)31)22-6-4-5-11-28-22/h4-11,13-15,24,30H,12H2,1-3H3/b25-23+. The maximum Gasteiger partial charge on any atom is 0.301 e. The molecular formula is C27H24N2O6. The second kappa shape index (κ2) is 8.79. The van der Waals surface area contributed by atoms with E-state index >= 15 is 0 Å². The number of anilines is 1. The minimum Gasteiger partial charge on any atom is -0.507 e. The minimum absolute atomic E-state index is 0.0284. The zero-order valence-corrected chi connectivity index (χ0v) is 19.5. The number of nitrogens with zero attached hydrogens (tertiary/aromatic N) is 2. The van der Waals surface area contributed by atoms with Crippen LogP contribution in [0.5, 0.6) is 17.2 Å². The number of benzene rings is 2. The Bertz CT molecular complexity index is 1350. The summed E-state index contributed by atoms with van der Waals surface area (Å²) >= 11 is 0. The zero-order valence-electron chi connectivity index (χ0n) is 19.5. The molecular weight excluding hydrogens is 448 g/mol. The molecule has 0 radical (unpaired) electrons. The molecule has 1 saturated heterocycles. The van der Waals surface area contributed by atoms with Crippen molar-refractivity contribution in [1.82, 2.24) is 4.98 Å². The number of ether oxygens (including phenoxy) is 3. The topological polar surface area (TPSA) is 98.2 Å². The first-order valence-electron chi connectivity index (χ1n) is 11.2. The normalized spacial score (nSPS) is 20.5. The second-order valence-corrected chi connectivity index (χ2v) is 8.42. The first-order chi connectivity index (χ1) is 16.9. The smallest absolute Gasteiger partial charge is 0.301 e. The van der Waals surface area contributed by atoms with Crippen molar-refractivity contribution in [3.05, 3.63) is 83.1 Å². The number of Topliss-reactive ketones (excluding diaryl/α,β-unsaturated/α-hetero) is 1. The molecule has 8 nitrogen and oxygen atoms in total. The van der Waals surface area contributed by atoms with Crippen LogP contribution in [0.25, 0.3) is 5.76 Å². The summed E-state index contributed by atoms with van der Waals surface area (Å²) in [4.78, 5) is 32.3. The van der Waals surface area contributed by atoms with Gasteiger partial charge < -0.3 is 19.3 Å². The molecule has 2 atom stereocenters. The summed E-state index contributed by atoms with van der Waals surface area (Å²) in [6.07, 6.45) is 2.26. The molecule has 1 fully saturated rings. The highest BCUT2D eigenvalue weighted by Gasteiger charge is 2.48. The molecule has 178 valence electrons. The molecule has 0 aliphatic carbocycles. The van der Waals surface area contributed by atoms with Gasteiger partial charge in [0.1, 0.15) is 41.0 Å². The third-order valence-corrected chi connectivity index (χ3v) is 6.25. The first-order valence-corrected chi connectivity index (χ1v) is 11.2. The number of carbonyl (C=O) groups is 2. The van der Waals surface area contributed by atoms with Crippen LogP contribution in [0.3, 0.4) is 0 Å². The SMILES string of the molecule is COc1ccc(C2/C(=C(\O)c3ccc4c(c3)CC(C)O4)C(=O)C(=O)N2c2ccccn2)c(OC)c1. The Balaban J connectivity index is 1.72. The summed E-state index contributed by atoms with van der Waals surface area (Å²) < 4.78 is 16.7. The van der Waals surface area contributed by atoms with E-state index in [0.717, 1.165) is 11.3 Å². The number of hydrogen-bond acceptors (Lipinski definition) is 7. The van der Waals surface area contributed by atoms with E-state index in [4.69, 9.17) is 14.2 Å². The Labute approximate surface area is 202 Å². The number of methoxy groups -OCH3 is 2. The quantitative estimate of drug-likeness (QED) is 0.340. The second-order valence-electron chi connectivity index (χ2n) is 8.42. The fourth-order valence-electron chi connectivity index (χ4n) is 4.63. The molecule has 2 unspecified atom stereocenters. The lowest BCUT2D eigenvalue weighted by Gasteiger charge is -2.26. The molecule has 35 heavy (non-hydrogen) atoms. The van der Waals surface area contributed by atoms with E-state index in [1.807, 2.05) is 6.92 Å². The highest BCUT2D eigenvalue weighted by atomic mass is 16.5. The number of carbonyl (C=O) groups excluding carboxylic acids is 2. The fraction of sp³-hybridized carbons (Fsp3) is 0.222. The van der Waals surface area contributed by atoms with E-state index in [1.165, 1.54) is 19.1 Å². The van der Waals surface area contributed by atoms with Crippen LogP contribution in [0.4, 0.5) is 5.82 Å². The third kappa shape index (κ3) is 3.77. The van der Waals surface area contributed by atoms with Crippen molar-refractivity contribution >= 4 is 23.3 Å². The summed E-state index contributed by atoms with van der Waals surface area (Å²) in [6, 6.07) is 14.5. The molecule has 0 spiro atoms. The van der Waals surface area contributed by atoms with Crippen LogP contribution < -0.4 is 19.1 Å². The highest BCUT2D eigenvalue weighted by Crippen LogP contribution is 2.45. The van der Waals surface area contributed by atoms with E-state index in [2.05, 4.69) is 4.98 Å². The predicted molar refractivity (Wildman–Crippen MR) is 129 cm³/mol. The van der Waals surface area contributed by atoms with E-state index in [9.17, 15) is 14.7 Å². The van der Waals surface area contributed by atoms with Crippen LogP contribution >= 0.6 is 0 Å². The first kappa shape index (κ1) is 22.5. The van der Waals surface area contributed by atoms with Crippen molar-refractivity contribution in [1.29, 1.82) is 0 Å². The van der Waals surface area contributed by atoms with Crippen molar-refractivity contribution in [3.8, 4) is 17.2 Å². The largest absolute Gasteiger partial charge is 0.507 e. The van der Waals surface area contributed by atoms with Gasteiger partial charge in [-0.2, -0.15) is 0 Å². The van der Waals surface area contributed by atoms with Crippen LogP contribution in [0, 0.1) is 0 Å². The summed E-state index contributed by atoms with van der Waals surface area (Å²) in [7, 11) is 3.03. The number of fused-ring (bicyclic) bond motifs is 1. The average Bonchev–Trinajstić information content (AvgIpc) is 3.38. The number of hydrogen-bond donors (Lipinski definition) is 1. The number of pyridine rings is 1. The molecule has 1 amide bonds. The fourth-order valence-corrected chi connectivity index (χ4v) is 4.63. The molecule has 8 heteroatoms. The Morgan fingerprint density at radius 2 is 1.91 bits per heavy atom. The van der Waals surface area contributed by atoms with E-state index in [-0.39, 0.29) is 23.3 Å². The predicted octanol–water partition coefficient (Wildman–Crippen LogP) is 4.05. The van der Waals surface area contributed by atoms with Crippen molar-refractivity contribution in [2.45, 2.75) is 25.5 Å². The molecule has 0 saturated carbocycles. The summed E-state index contributed by atoms with van der Waals surface area (Å²) in [5, 5.41) is 11.4. The van der Waals surface area contributed by atoms with Gasteiger partial charge in [-0.3, -0.25) is 14.5 Å². The minimum atomic E-state index is -0.964. The number of ketones is 1. The van der Waals surface area contributed by atoms with Gasteiger partial charge in [-0.25, -0.2) is 4.98 Å². The van der Waals surface area contributed by atoms with Crippen LogP contribution in [-0.4, -0.2) is 42.1 Å². The Morgan fingerprint density at radius 3 is 2.63 bits per heavy atom. The Kier molecular flexibility index (Phi) is 5.64. The van der Waals surface area contributed by atoms with Gasteiger partial charge in [0, 0.05) is 29.8 Å². The molecule has 2 aromatic carbocycles. The van der Waals surface area contributed by atoms with Gasteiger partial charge in [-0.05, 0) is 55.0 Å². The molecule has 3 heterocycles. The van der Waals surface area contributed by atoms with Crippen molar-refractivity contribution in [2.75, 3.05) is 19.1 Å². The number of aliphatic hydroxyl groups is 1. The molecule has 1 aromatic heterocycles. The monoisotopic (exact) mass is 472 g/mol. The summed E-state index contributed by atoms with van der Waals surface area (Å²) in [5.74, 6) is 0.121. The van der Waals surface area contributed by atoms with Gasteiger partial charge in [0.15, 0.2) is 0 Å². The van der Waals surface area contributed by atoms with Gasteiger partial charge in [0.2, 0.25) is 0 Å². The summed E-state index contributed by atoms with van der Waals surface area (Å²) in [6.45, 7) is 1.97. The average molecular weight is 472 g/mol. The summed E-state index contributed by atoms with van der Waals surface area (Å²) in [5.41, 5.74) is 1.82. The highest BCUT2D eigenvalue weighted by molar-refractivity contribution is 6.51. The molecule has 0 bridgehead atoms. The van der Waals surface area contributed by atoms with Crippen molar-refractivity contribution < 1.29 is 28.9 Å². The van der Waals surface area contributed by atoms with Crippen molar-refractivity contribution in [3.63, 3.8) is 0 Å². The van der Waals surface area contributed by atoms with Gasteiger partial charge >= 0.3 is 5.91 Å². The molecule has 3 aromatic rings. The van der Waals surface area contributed by atoms with Crippen LogP contribution in [0.2, 0.25) is 0 Å². The Morgan fingerprint density at radius 1 is 1.09 bits per heavy atom. The lowest BCUT2D eigenvalue weighted by atomic mass is 9.93. The third-order valence-electron chi connectivity index (χ3n) is 6.25. The molecule has 1 N–H and O–H groups in total. The van der Waals surface area contributed by atoms with Gasteiger partial charge in [-0.15, -0.1) is 0 Å². The van der Waals surface area contributed by atoms with Gasteiger partial charge in [0.05, 0.1) is 19.8 Å². The zero-order chi connectivity index (χ0) is 24.7. The van der Waals surface area contributed by atoms with Crippen molar-refractivity contribution in [2.24, 2.45) is 0 Å². The molecule has 2 aliphatic rings. The lowest BCUT2D eigenvalue weighted by molar-refractivity contribution is -0.132. The van der Waals surface area contributed by atoms with Gasteiger partial charge in [0.25, 0.3) is 5.78 Å². The van der Waals surface area contributed by atoms with Gasteiger partial charge in [-0.1, -0.05) is 6.07 Å². The van der Waals surface area contributed by atoms with Crippen LogP contribution in [-0.2, 0) is 16.0 Å². The van der Waals surface area contributed by atoms with Crippen LogP contribution in [0.1, 0.15) is 29.7 Å². The lowest BCUT2D eigenvalue weighted by Crippen LogP contribution is -2.30. The molecule has 5 rings (SSSR count). The Hall–Kier alpha value is -4.33. The number of rotatable bonds is 5. The van der Waals surface area contributed by atoms with E-state index in [1.54, 1.807) is 60.8 Å². The van der Waals surface area contributed by atoms with E-state index < -0.39 is 17.7 Å². The maximum absolute atomic E-state index is 13.4. The number of amides is 1. The van der Waals surface area contributed by atoms with Crippen LogP contribution in [0.15, 0.2) is 66.4 Å². The maximum atomic E-state index is 13.4. The number of aliphatic hydroxyl groups excluding tert-OH is 1. The van der Waals surface area contributed by atoms with E-state index in [0.29, 0.717) is 29.0 Å². The molecule has 2 aliphatic heterocycles. The number of aromatic nitrogens is 1.